The standard InChI is InChI=1S/C19H22N2O/c1-2-8-17-11-6-7-12-18(17)19(22)21-14-13-20-15-16-9-4-3-5-10-16/h2-7,9-12,20H,1,8,13-15H2,(H,21,22). The molecule has 0 saturated heterocycles. The highest BCUT2D eigenvalue weighted by Gasteiger charge is 2.08. The number of allylic oxidation sites excluding steroid dienone is 1. The van der Waals surface area contributed by atoms with Crippen LogP contribution in [0.15, 0.2) is 67.3 Å². The zero-order valence-corrected chi connectivity index (χ0v) is 12.7. The Hall–Kier alpha value is -2.39. The van der Waals surface area contributed by atoms with Gasteiger partial charge in [0.25, 0.3) is 5.91 Å². The first kappa shape index (κ1) is 16.0. The van der Waals surface area contributed by atoms with Gasteiger partial charge in [-0.25, -0.2) is 0 Å². The van der Waals surface area contributed by atoms with Crippen LogP contribution in [0, 0.1) is 0 Å². The Morgan fingerprint density at radius 3 is 2.50 bits per heavy atom. The van der Waals surface area contributed by atoms with Crippen LogP contribution >= 0.6 is 0 Å². The van der Waals surface area contributed by atoms with Gasteiger partial charge in [-0.15, -0.1) is 6.58 Å². The SMILES string of the molecule is C=CCc1ccccc1C(=O)NCCNCc1ccccc1. The fraction of sp³-hybridized carbons (Fsp3) is 0.211. The number of hydrogen-bond acceptors (Lipinski definition) is 2. The lowest BCUT2D eigenvalue weighted by Crippen LogP contribution is -2.32. The van der Waals surface area contributed by atoms with Crippen molar-refractivity contribution in [2.24, 2.45) is 0 Å². The number of rotatable bonds is 8. The van der Waals surface area contributed by atoms with Crippen molar-refractivity contribution in [1.82, 2.24) is 10.6 Å². The van der Waals surface area contributed by atoms with Crippen LogP contribution in [-0.2, 0) is 13.0 Å². The van der Waals surface area contributed by atoms with Crippen LogP contribution in [0.4, 0.5) is 0 Å². The van der Waals surface area contributed by atoms with E-state index in [4.69, 9.17) is 0 Å². The summed E-state index contributed by atoms with van der Waals surface area (Å²) in [6.45, 7) is 5.88. The van der Waals surface area contributed by atoms with E-state index in [2.05, 4.69) is 29.3 Å². The number of nitrogens with one attached hydrogen (secondary N) is 2. The van der Waals surface area contributed by atoms with Crippen LogP contribution in [0.2, 0.25) is 0 Å². The van der Waals surface area contributed by atoms with Crippen molar-refractivity contribution >= 4 is 5.91 Å². The maximum atomic E-state index is 12.2. The summed E-state index contributed by atoms with van der Waals surface area (Å²) in [5.74, 6) is -0.0287. The Bertz CT molecular complexity index is 608. The predicted molar refractivity (Wildman–Crippen MR) is 90.8 cm³/mol. The molecule has 0 atom stereocenters. The van der Waals surface area contributed by atoms with Crippen LogP contribution in [0.1, 0.15) is 21.5 Å². The Labute approximate surface area is 132 Å². The summed E-state index contributed by atoms with van der Waals surface area (Å²) < 4.78 is 0. The van der Waals surface area contributed by atoms with E-state index in [-0.39, 0.29) is 5.91 Å². The van der Waals surface area contributed by atoms with Gasteiger partial charge in [0.15, 0.2) is 0 Å². The molecule has 114 valence electrons. The molecule has 0 aromatic heterocycles. The first-order valence-electron chi connectivity index (χ1n) is 7.53. The molecule has 0 fully saturated rings. The highest BCUT2D eigenvalue weighted by atomic mass is 16.1. The Morgan fingerprint density at radius 2 is 1.73 bits per heavy atom. The van der Waals surface area contributed by atoms with Crippen molar-refractivity contribution in [2.45, 2.75) is 13.0 Å². The van der Waals surface area contributed by atoms with Gasteiger partial charge in [0, 0.05) is 25.2 Å². The number of benzene rings is 2. The molecule has 0 saturated carbocycles. The third-order valence-electron chi connectivity index (χ3n) is 3.39. The summed E-state index contributed by atoms with van der Waals surface area (Å²) in [5, 5.41) is 6.27. The molecular formula is C19H22N2O. The van der Waals surface area contributed by atoms with Crippen LogP contribution in [0.5, 0.6) is 0 Å². The van der Waals surface area contributed by atoms with E-state index in [1.54, 1.807) is 0 Å². The van der Waals surface area contributed by atoms with Crippen molar-refractivity contribution in [3.05, 3.63) is 83.9 Å². The Balaban J connectivity index is 1.75. The molecular weight excluding hydrogens is 272 g/mol. The van der Waals surface area contributed by atoms with Gasteiger partial charge in [0.1, 0.15) is 0 Å². The second-order valence-electron chi connectivity index (χ2n) is 5.07. The molecule has 22 heavy (non-hydrogen) atoms. The maximum Gasteiger partial charge on any atom is 0.251 e. The lowest BCUT2D eigenvalue weighted by molar-refractivity contribution is 0.0953. The lowest BCUT2D eigenvalue weighted by Gasteiger charge is -2.09. The fourth-order valence-corrected chi connectivity index (χ4v) is 2.26. The van der Waals surface area contributed by atoms with Gasteiger partial charge in [0.2, 0.25) is 0 Å². The molecule has 2 N–H and O–H groups in total. The topological polar surface area (TPSA) is 41.1 Å². The fourth-order valence-electron chi connectivity index (χ4n) is 2.26. The smallest absolute Gasteiger partial charge is 0.251 e. The predicted octanol–water partition coefficient (Wildman–Crippen LogP) is 2.93. The van der Waals surface area contributed by atoms with Gasteiger partial charge in [-0.05, 0) is 23.6 Å². The van der Waals surface area contributed by atoms with Crippen LogP contribution in [-0.4, -0.2) is 19.0 Å². The van der Waals surface area contributed by atoms with E-state index in [1.165, 1.54) is 5.56 Å². The summed E-state index contributed by atoms with van der Waals surface area (Å²) in [7, 11) is 0. The normalized spacial score (nSPS) is 10.2. The van der Waals surface area contributed by atoms with Crippen molar-refractivity contribution < 1.29 is 4.79 Å². The molecule has 0 heterocycles. The average Bonchev–Trinajstić information content (AvgIpc) is 2.56. The summed E-state index contributed by atoms with van der Waals surface area (Å²) in [5.41, 5.74) is 2.97. The van der Waals surface area contributed by atoms with E-state index >= 15 is 0 Å². The molecule has 0 spiro atoms. The molecule has 0 aliphatic carbocycles. The van der Waals surface area contributed by atoms with E-state index in [0.717, 1.165) is 24.2 Å². The molecule has 3 heteroatoms. The molecule has 0 bridgehead atoms. The van der Waals surface area contributed by atoms with Crippen LogP contribution < -0.4 is 10.6 Å². The van der Waals surface area contributed by atoms with E-state index < -0.39 is 0 Å². The van der Waals surface area contributed by atoms with Crippen molar-refractivity contribution in [3.8, 4) is 0 Å². The van der Waals surface area contributed by atoms with Crippen molar-refractivity contribution in [2.75, 3.05) is 13.1 Å². The molecule has 2 aromatic rings. The number of hydrogen-bond donors (Lipinski definition) is 2. The van der Waals surface area contributed by atoms with Gasteiger partial charge < -0.3 is 10.6 Å². The average molecular weight is 294 g/mol. The van der Waals surface area contributed by atoms with E-state index in [1.807, 2.05) is 48.5 Å². The Kier molecular flexibility index (Phi) is 6.39. The number of carbonyl (C=O) groups excluding carboxylic acids is 1. The minimum Gasteiger partial charge on any atom is -0.351 e. The van der Waals surface area contributed by atoms with Gasteiger partial charge >= 0.3 is 0 Å². The van der Waals surface area contributed by atoms with Gasteiger partial charge in [-0.3, -0.25) is 4.79 Å². The molecule has 2 rings (SSSR count). The number of carbonyl (C=O) groups is 1. The summed E-state index contributed by atoms with van der Waals surface area (Å²) in [6.07, 6.45) is 2.52. The molecule has 1 amide bonds. The zero-order chi connectivity index (χ0) is 15.6. The lowest BCUT2D eigenvalue weighted by atomic mass is 10.0. The summed E-state index contributed by atoms with van der Waals surface area (Å²) in [4.78, 5) is 12.2. The van der Waals surface area contributed by atoms with Gasteiger partial charge in [0.05, 0.1) is 0 Å². The molecule has 0 aliphatic rings. The first-order chi connectivity index (χ1) is 10.8. The second-order valence-corrected chi connectivity index (χ2v) is 5.07. The maximum absolute atomic E-state index is 12.2. The molecule has 0 radical (unpaired) electrons. The molecule has 0 unspecified atom stereocenters. The Morgan fingerprint density at radius 1 is 1.00 bits per heavy atom. The van der Waals surface area contributed by atoms with Crippen molar-refractivity contribution in [3.63, 3.8) is 0 Å². The number of amides is 1. The van der Waals surface area contributed by atoms with Crippen LogP contribution in [0.25, 0.3) is 0 Å². The minimum atomic E-state index is -0.0287. The minimum absolute atomic E-state index is 0.0287. The summed E-state index contributed by atoms with van der Waals surface area (Å²) >= 11 is 0. The second kappa shape index (κ2) is 8.80. The van der Waals surface area contributed by atoms with E-state index in [9.17, 15) is 4.79 Å². The third kappa shape index (κ3) is 4.86. The first-order valence-corrected chi connectivity index (χ1v) is 7.53. The highest BCUT2D eigenvalue weighted by Crippen LogP contribution is 2.09. The third-order valence-corrected chi connectivity index (χ3v) is 3.39. The van der Waals surface area contributed by atoms with Gasteiger partial charge in [-0.2, -0.15) is 0 Å². The monoisotopic (exact) mass is 294 g/mol. The zero-order valence-electron chi connectivity index (χ0n) is 12.7. The molecule has 3 nitrogen and oxygen atoms in total. The molecule has 2 aromatic carbocycles. The largest absolute Gasteiger partial charge is 0.351 e. The van der Waals surface area contributed by atoms with Crippen molar-refractivity contribution in [1.29, 1.82) is 0 Å². The summed E-state index contributed by atoms with van der Waals surface area (Å²) in [6, 6.07) is 17.9. The van der Waals surface area contributed by atoms with E-state index in [0.29, 0.717) is 13.0 Å². The highest BCUT2D eigenvalue weighted by molar-refractivity contribution is 5.95. The van der Waals surface area contributed by atoms with Gasteiger partial charge in [-0.1, -0.05) is 54.6 Å². The van der Waals surface area contributed by atoms with Crippen LogP contribution in [0.3, 0.4) is 0 Å². The molecule has 0 aliphatic heterocycles. The quantitative estimate of drug-likeness (QED) is 0.580.